The number of benzene rings is 1. The molecule has 0 unspecified atom stereocenters. The molecule has 0 aromatic heterocycles. The summed E-state index contributed by atoms with van der Waals surface area (Å²) in [7, 11) is 0. The maximum absolute atomic E-state index is 11.8. The van der Waals surface area contributed by atoms with Crippen LogP contribution in [0.25, 0.3) is 0 Å². The number of carbonyl (C=O) groups is 3. The molecule has 0 spiro atoms. The average Bonchev–Trinajstić information content (AvgIpc) is 2.44. The number of urea groups is 1. The summed E-state index contributed by atoms with van der Waals surface area (Å²) in [5.74, 6) is -1.27. The predicted molar refractivity (Wildman–Crippen MR) is 83.4 cm³/mol. The lowest BCUT2D eigenvalue weighted by Gasteiger charge is -2.09. The molecular weight excluding hydrogens is 310 g/mol. The predicted octanol–water partition coefficient (Wildman–Crippen LogP) is 2.08. The van der Waals surface area contributed by atoms with Gasteiger partial charge in [-0.25, -0.2) is 4.79 Å². The summed E-state index contributed by atoms with van der Waals surface area (Å²) in [6, 6.07) is 3.98. The topological polar surface area (TPSA) is 108 Å². The van der Waals surface area contributed by atoms with Gasteiger partial charge in [0.25, 0.3) is 5.91 Å². The quantitative estimate of drug-likeness (QED) is 0.615. The minimum absolute atomic E-state index is 0.0202. The van der Waals surface area contributed by atoms with Crippen molar-refractivity contribution in [3.63, 3.8) is 0 Å². The highest BCUT2D eigenvalue weighted by atomic mass is 35.5. The first-order chi connectivity index (χ1) is 10.4. The van der Waals surface area contributed by atoms with Gasteiger partial charge in [0, 0.05) is 18.8 Å². The van der Waals surface area contributed by atoms with E-state index in [2.05, 4.69) is 16.0 Å². The summed E-state index contributed by atoms with van der Waals surface area (Å²) in [5, 5.41) is 16.3. The normalized spacial score (nSPS) is 9.91. The Morgan fingerprint density at radius 2 is 1.91 bits per heavy atom. The van der Waals surface area contributed by atoms with E-state index in [4.69, 9.17) is 16.7 Å². The van der Waals surface area contributed by atoms with Crippen LogP contribution in [-0.2, 0) is 4.79 Å². The number of aliphatic carboxylic acids is 1. The lowest BCUT2D eigenvalue weighted by Crippen LogP contribution is -2.30. The zero-order chi connectivity index (χ0) is 16.5. The van der Waals surface area contributed by atoms with Crippen molar-refractivity contribution in [2.24, 2.45) is 0 Å². The van der Waals surface area contributed by atoms with Crippen molar-refractivity contribution in [1.82, 2.24) is 10.6 Å². The highest BCUT2D eigenvalue weighted by molar-refractivity contribution is 6.34. The van der Waals surface area contributed by atoms with Crippen LogP contribution in [0.2, 0.25) is 5.02 Å². The highest BCUT2D eigenvalue weighted by Gasteiger charge is 2.11. The zero-order valence-electron chi connectivity index (χ0n) is 12.1. The summed E-state index contributed by atoms with van der Waals surface area (Å²) < 4.78 is 0. The van der Waals surface area contributed by atoms with Gasteiger partial charge in [0.05, 0.1) is 17.0 Å². The highest BCUT2D eigenvalue weighted by Crippen LogP contribution is 2.21. The molecule has 22 heavy (non-hydrogen) atoms. The molecule has 1 aromatic carbocycles. The van der Waals surface area contributed by atoms with Gasteiger partial charge in [-0.15, -0.1) is 0 Å². The largest absolute Gasteiger partial charge is 0.481 e. The first-order valence-corrected chi connectivity index (χ1v) is 7.16. The maximum Gasteiger partial charge on any atom is 0.319 e. The first kappa shape index (κ1) is 17.8. The van der Waals surface area contributed by atoms with E-state index in [9.17, 15) is 14.4 Å². The van der Waals surface area contributed by atoms with Crippen molar-refractivity contribution in [2.45, 2.75) is 19.8 Å². The molecule has 0 aliphatic rings. The van der Waals surface area contributed by atoms with Crippen molar-refractivity contribution in [3.05, 3.63) is 28.8 Å². The van der Waals surface area contributed by atoms with Crippen LogP contribution >= 0.6 is 11.6 Å². The summed E-state index contributed by atoms with van der Waals surface area (Å²) in [4.78, 5) is 33.7. The Morgan fingerprint density at radius 1 is 1.18 bits per heavy atom. The smallest absolute Gasteiger partial charge is 0.319 e. The average molecular weight is 328 g/mol. The third-order valence-corrected chi connectivity index (χ3v) is 2.94. The number of rotatable bonds is 7. The van der Waals surface area contributed by atoms with E-state index in [1.807, 2.05) is 6.92 Å². The Kier molecular flexibility index (Phi) is 7.18. The molecule has 0 heterocycles. The minimum atomic E-state index is -0.995. The van der Waals surface area contributed by atoms with Crippen LogP contribution in [0.5, 0.6) is 0 Å². The fraction of sp³-hybridized carbons (Fsp3) is 0.357. The Balaban J connectivity index is 2.59. The summed E-state index contributed by atoms with van der Waals surface area (Å²) in [6.45, 7) is 2.52. The fourth-order valence-corrected chi connectivity index (χ4v) is 1.84. The number of carboxylic acid groups (broad SMARTS) is 1. The van der Waals surface area contributed by atoms with Crippen LogP contribution in [0, 0.1) is 0 Å². The number of hydrogen-bond acceptors (Lipinski definition) is 3. The van der Waals surface area contributed by atoms with Gasteiger partial charge in [-0.05, 0) is 24.6 Å². The molecule has 0 aliphatic heterocycles. The molecule has 8 heteroatoms. The Morgan fingerprint density at radius 3 is 2.50 bits per heavy atom. The Hall–Kier alpha value is -2.28. The van der Waals surface area contributed by atoms with Crippen molar-refractivity contribution in [1.29, 1.82) is 0 Å². The standard InChI is InChI=1S/C14H18ClN3O4/c1-2-6-16-13(21)10-4-3-9(8-11(10)15)18-14(22)17-7-5-12(19)20/h3-4,8H,2,5-7H2,1H3,(H,16,21)(H,19,20)(H2,17,18,22). The summed E-state index contributed by atoms with van der Waals surface area (Å²) in [5.41, 5.74) is 0.733. The number of halogens is 1. The molecule has 0 saturated heterocycles. The van der Waals surface area contributed by atoms with E-state index in [0.29, 0.717) is 17.8 Å². The van der Waals surface area contributed by atoms with Crippen molar-refractivity contribution >= 4 is 35.2 Å². The van der Waals surface area contributed by atoms with Crippen molar-refractivity contribution in [2.75, 3.05) is 18.4 Å². The molecule has 0 fully saturated rings. The first-order valence-electron chi connectivity index (χ1n) is 6.78. The van der Waals surface area contributed by atoms with Crippen molar-refractivity contribution < 1.29 is 19.5 Å². The molecule has 0 aliphatic carbocycles. The number of anilines is 1. The molecule has 4 N–H and O–H groups in total. The van der Waals surface area contributed by atoms with Crippen LogP contribution in [0.15, 0.2) is 18.2 Å². The zero-order valence-corrected chi connectivity index (χ0v) is 12.9. The van der Waals surface area contributed by atoms with Crippen molar-refractivity contribution in [3.8, 4) is 0 Å². The van der Waals surface area contributed by atoms with Gasteiger partial charge in [0.15, 0.2) is 0 Å². The van der Waals surface area contributed by atoms with Gasteiger partial charge in [-0.1, -0.05) is 18.5 Å². The van der Waals surface area contributed by atoms with E-state index < -0.39 is 12.0 Å². The molecular formula is C14H18ClN3O4. The second kappa shape index (κ2) is 8.89. The minimum Gasteiger partial charge on any atom is -0.481 e. The number of hydrogen-bond donors (Lipinski definition) is 4. The lowest BCUT2D eigenvalue weighted by molar-refractivity contribution is -0.136. The number of nitrogens with one attached hydrogen (secondary N) is 3. The third-order valence-electron chi connectivity index (χ3n) is 2.63. The van der Waals surface area contributed by atoms with E-state index >= 15 is 0 Å². The van der Waals surface area contributed by atoms with Crippen LogP contribution in [0.3, 0.4) is 0 Å². The lowest BCUT2D eigenvalue weighted by atomic mass is 10.2. The second-order valence-corrected chi connectivity index (χ2v) is 4.88. The van der Waals surface area contributed by atoms with Crippen LogP contribution < -0.4 is 16.0 Å². The number of carbonyl (C=O) groups excluding carboxylic acids is 2. The van der Waals surface area contributed by atoms with E-state index in [1.54, 1.807) is 6.07 Å². The molecule has 1 aromatic rings. The molecule has 0 saturated carbocycles. The maximum atomic E-state index is 11.8. The van der Waals surface area contributed by atoms with E-state index in [-0.39, 0.29) is 23.9 Å². The Labute approximate surface area is 133 Å². The van der Waals surface area contributed by atoms with Crippen LogP contribution in [0.4, 0.5) is 10.5 Å². The summed E-state index contributed by atoms with van der Waals surface area (Å²) in [6.07, 6.45) is 0.657. The molecule has 0 bridgehead atoms. The number of carboxylic acids is 1. The Bertz CT molecular complexity index is 563. The fourth-order valence-electron chi connectivity index (χ4n) is 1.57. The SMILES string of the molecule is CCCNC(=O)c1ccc(NC(=O)NCCC(=O)O)cc1Cl. The van der Waals surface area contributed by atoms with E-state index in [1.165, 1.54) is 12.1 Å². The molecule has 0 radical (unpaired) electrons. The van der Waals surface area contributed by atoms with Gasteiger partial charge in [0.2, 0.25) is 0 Å². The monoisotopic (exact) mass is 327 g/mol. The molecule has 0 atom stereocenters. The second-order valence-electron chi connectivity index (χ2n) is 4.48. The summed E-state index contributed by atoms with van der Waals surface area (Å²) >= 11 is 6.02. The molecule has 3 amide bonds. The molecule has 120 valence electrons. The van der Waals surface area contributed by atoms with Gasteiger partial charge in [0.1, 0.15) is 0 Å². The van der Waals surface area contributed by atoms with Crippen LogP contribution in [-0.4, -0.2) is 36.1 Å². The van der Waals surface area contributed by atoms with E-state index in [0.717, 1.165) is 6.42 Å². The molecule has 7 nitrogen and oxygen atoms in total. The molecule has 1 rings (SSSR count). The third kappa shape index (κ3) is 6.01. The number of amides is 3. The van der Waals surface area contributed by atoms with Gasteiger partial charge in [-0.2, -0.15) is 0 Å². The van der Waals surface area contributed by atoms with Gasteiger partial charge < -0.3 is 21.1 Å². The van der Waals surface area contributed by atoms with Gasteiger partial charge in [-0.3, -0.25) is 9.59 Å². The van der Waals surface area contributed by atoms with Gasteiger partial charge >= 0.3 is 12.0 Å². The van der Waals surface area contributed by atoms with Crippen LogP contribution in [0.1, 0.15) is 30.1 Å².